The molecule has 0 spiro atoms. The van der Waals surface area contributed by atoms with Crippen LogP contribution in [-0.2, 0) is 11.2 Å². The van der Waals surface area contributed by atoms with E-state index in [0.717, 1.165) is 29.7 Å². The molecule has 1 fully saturated rings. The molecule has 2 aromatic carbocycles. The van der Waals surface area contributed by atoms with Crippen LogP contribution in [0.1, 0.15) is 34.3 Å². The molecule has 2 amide bonds. The molecule has 26 heavy (non-hydrogen) atoms. The number of rotatable bonds is 4. The van der Waals surface area contributed by atoms with Gasteiger partial charge >= 0.3 is 0 Å². The Morgan fingerprint density at radius 1 is 1.12 bits per heavy atom. The molecule has 134 valence electrons. The molecule has 1 saturated carbocycles. The SMILES string of the molecule is Cc1cccc(C(=O)Nc2ccc3c(c2)C[C@@H](C(=O)NC2CC2)CO3)c1. The van der Waals surface area contributed by atoms with Crippen LogP contribution in [0.5, 0.6) is 5.75 Å². The zero-order valence-corrected chi connectivity index (χ0v) is 14.7. The van der Waals surface area contributed by atoms with Crippen molar-refractivity contribution >= 4 is 17.5 Å². The van der Waals surface area contributed by atoms with Crippen LogP contribution in [0, 0.1) is 12.8 Å². The van der Waals surface area contributed by atoms with E-state index in [9.17, 15) is 9.59 Å². The third kappa shape index (κ3) is 3.72. The summed E-state index contributed by atoms with van der Waals surface area (Å²) in [7, 11) is 0. The fraction of sp³-hybridized carbons (Fsp3) is 0.333. The highest BCUT2D eigenvalue weighted by Gasteiger charge is 2.30. The number of hydrogen-bond acceptors (Lipinski definition) is 3. The van der Waals surface area contributed by atoms with E-state index in [4.69, 9.17) is 4.74 Å². The molecule has 0 saturated heterocycles. The predicted molar refractivity (Wildman–Crippen MR) is 99.4 cm³/mol. The summed E-state index contributed by atoms with van der Waals surface area (Å²) in [5, 5.41) is 5.97. The number of amides is 2. The standard InChI is InChI=1S/C21H22N2O3/c1-13-3-2-4-14(9-13)20(24)23-18-7-8-19-15(11-18)10-16(12-26-19)21(25)22-17-5-6-17/h2-4,7-9,11,16-17H,5-6,10,12H2,1H3,(H,22,25)(H,23,24)/t16-/m1/s1. The van der Waals surface area contributed by atoms with Gasteiger partial charge in [-0.1, -0.05) is 17.7 Å². The van der Waals surface area contributed by atoms with Crippen LogP contribution in [0.15, 0.2) is 42.5 Å². The number of nitrogens with one attached hydrogen (secondary N) is 2. The van der Waals surface area contributed by atoms with Gasteiger partial charge in [0.2, 0.25) is 5.91 Å². The van der Waals surface area contributed by atoms with Gasteiger partial charge in [0.1, 0.15) is 12.4 Å². The quantitative estimate of drug-likeness (QED) is 0.890. The van der Waals surface area contributed by atoms with Crippen LogP contribution in [0.25, 0.3) is 0 Å². The first-order valence-electron chi connectivity index (χ1n) is 9.02. The lowest BCUT2D eigenvalue weighted by atomic mass is 9.95. The lowest BCUT2D eigenvalue weighted by molar-refractivity contribution is -0.126. The van der Waals surface area contributed by atoms with E-state index in [-0.39, 0.29) is 17.7 Å². The maximum absolute atomic E-state index is 12.4. The van der Waals surface area contributed by atoms with E-state index < -0.39 is 0 Å². The lowest BCUT2D eigenvalue weighted by Gasteiger charge is -2.25. The number of hydrogen-bond donors (Lipinski definition) is 2. The average Bonchev–Trinajstić information content (AvgIpc) is 3.45. The smallest absolute Gasteiger partial charge is 0.255 e. The number of anilines is 1. The number of carbonyl (C=O) groups excluding carboxylic acids is 2. The molecule has 0 aromatic heterocycles. The molecule has 1 aliphatic carbocycles. The molecule has 4 rings (SSSR count). The summed E-state index contributed by atoms with van der Waals surface area (Å²) in [5.74, 6) is 0.528. The van der Waals surface area contributed by atoms with Crippen molar-refractivity contribution in [1.82, 2.24) is 5.32 Å². The van der Waals surface area contributed by atoms with Gasteiger partial charge in [0.25, 0.3) is 5.91 Å². The molecule has 0 bridgehead atoms. The van der Waals surface area contributed by atoms with Gasteiger partial charge in [-0.2, -0.15) is 0 Å². The first-order valence-corrected chi connectivity index (χ1v) is 9.02. The van der Waals surface area contributed by atoms with Gasteiger partial charge in [-0.15, -0.1) is 0 Å². The van der Waals surface area contributed by atoms with Crippen LogP contribution < -0.4 is 15.4 Å². The summed E-state index contributed by atoms with van der Waals surface area (Å²) < 4.78 is 5.75. The topological polar surface area (TPSA) is 67.4 Å². The Kier molecular flexibility index (Phi) is 4.37. The Morgan fingerprint density at radius 2 is 1.96 bits per heavy atom. The van der Waals surface area contributed by atoms with Crippen LogP contribution >= 0.6 is 0 Å². The van der Waals surface area contributed by atoms with E-state index >= 15 is 0 Å². The highest BCUT2D eigenvalue weighted by molar-refractivity contribution is 6.04. The van der Waals surface area contributed by atoms with Gasteiger partial charge in [0.05, 0.1) is 5.92 Å². The van der Waals surface area contributed by atoms with E-state index in [1.165, 1.54) is 0 Å². The third-order valence-electron chi connectivity index (χ3n) is 4.80. The van der Waals surface area contributed by atoms with Crippen molar-refractivity contribution in [2.45, 2.75) is 32.2 Å². The Morgan fingerprint density at radius 3 is 2.73 bits per heavy atom. The normalized spacial score (nSPS) is 18.4. The Bertz CT molecular complexity index is 858. The minimum absolute atomic E-state index is 0.0624. The number of fused-ring (bicyclic) bond motifs is 1. The minimum Gasteiger partial charge on any atom is -0.492 e. The van der Waals surface area contributed by atoms with Crippen LogP contribution in [-0.4, -0.2) is 24.5 Å². The number of ether oxygens (including phenoxy) is 1. The second-order valence-electron chi connectivity index (χ2n) is 7.14. The van der Waals surface area contributed by atoms with Crippen molar-refractivity contribution < 1.29 is 14.3 Å². The molecule has 1 atom stereocenters. The molecule has 2 aliphatic rings. The first-order chi connectivity index (χ1) is 12.6. The summed E-state index contributed by atoms with van der Waals surface area (Å²) in [4.78, 5) is 24.7. The second-order valence-corrected chi connectivity index (χ2v) is 7.14. The van der Waals surface area contributed by atoms with Crippen molar-refractivity contribution in [2.24, 2.45) is 5.92 Å². The van der Waals surface area contributed by atoms with Crippen molar-refractivity contribution in [2.75, 3.05) is 11.9 Å². The molecule has 2 aromatic rings. The Hall–Kier alpha value is -2.82. The molecule has 0 unspecified atom stereocenters. The molecule has 0 radical (unpaired) electrons. The molecule has 1 heterocycles. The summed E-state index contributed by atoms with van der Waals surface area (Å²) in [5.41, 5.74) is 3.33. The number of benzene rings is 2. The molecule has 1 aliphatic heterocycles. The largest absolute Gasteiger partial charge is 0.492 e. The second kappa shape index (κ2) is 6.83. The molecule has 2 N–H and O–H groups in total. The molecular weight excluding hydrogens is 328 g/mol. The fourth-order valence-corrected chi connectivity index (χ4v) is 3.18. The Balaban J connectivity index is 1.46. The summed E-state index contributed by atoms with van der Waals surface area (Å²) in [6.45, 7) is 2.36. The van der Waals surface area contributed by atoms with Crippen molar-refractivity contribution in [3.05, 3.63) is 59.2 Å². The van der Waals surface area contributed by atoms with Gasteiger partial charge in [0.15, 0.2) is 0 Å². The van der Waals surface area contributed by atoms with Gasteiger partial charge in [-0.25, -0.2) is 0 Å². The van der Waals surface area contributed by atoms with Gasteiger partial charge in [0, 0.05) is 17.3 Å². The summed E-state index contributed by atoms with van der Waals surface area (Å²) in [6, 6.07) is 13.4. The average molecular weight is 350 g/mol. The first kappa shape index (κ1) is 16.6. The van der Waals surface area contributed by atoms with Crippen LogP contribution in [0.4, 0.5) is 5.69 Å². The predicted octanol–water partition coefficient (Wildman–Crippen LogP) is 3.08. The van der Waals surface area contributed by atoms with Crippen molar-refractivity contribution in [1.29, 1.82) is 0 Å². The van der Waals surface area contributed by atoms with E-state index in [0.29, 0.717) is 30.3 Å². The van der Waals surface area contributed by atoms with Crippen molar-refractivity contribution in [3.63, 3.8) is 0 Å². The van der Waals surface area contributed by atoms with Crippen molar-refractivity contribution in [3.8, 4) is 5.75 Å². The summed E-state index contributed by atoms with van der Waals surface area (Å²) in [6.07, 6.45) is 2.78. The zero-order valence-electron chi connectivity index (χ0n) is 14.7. The highest BCUT2D eigenvalue weighted by Crippen LogP contribution is 2.31. The van der Waals surface area contributed by atoms with Gasteiger partial charge in [-0.05, 0) is 62.1 Å². The zero-order chi connectivity index (χ0) is 18.1. The fourth-order valence-electron chi connectivity index (χ4n) is 3.18. The lowest BCUT2D eigenvalue weighted by Crippen LogP contribution is -2.38. The molecular formula is C21H22N2O3. The van der Waals surface area contributed by atoms with Crippen LogP contribution in [0.2, 0.25) is 0 Å². The maximum atomic E-state index is 12.4. The van der Waals surface area contributed by atoms with E-state index in [2.05, 4.69) is 10.6 Å². The minimum atomic E-state index is -0.175. The molecule has 5 heteroatoms. The number of carbonyl (C=O) groups is 2. The maximum Gasteiger partial charge on any atom is 0.255 e. The molecule has 5 nitrogen and oxygen atoms in total. The monoisotopic (exact) mass is 350 g/mol. The van der Waals surface area contributed by atoms with E-state index in [1.807, 2.05) is 43.3 Å². The van der Waals surface area contributed by atoms with E-state index in [1.54, 1.807) is 6.07 Å². The van der Waals surface area contributed by atoms with Crippen LogP contribution in [0.3, 0.4) is 0 Å². The van der Waals surface area contributed by atoms with Gasteiger partial charge < -0.3 is 15.4 Å². The number of aryl methyl sites for hydroxylation is 1. The van der Waals surface area contributed by atoms with Gasteiger partial charge in [-0.3, -0.25) is 9.59 Å². The third-order valence-corrected chi connectivity index (χ3v) is 4.80. The summed E-state index contributed by atoms with van der Waals surface area (Å²) >= 11 is 0. The Labute approximate surface area is 152 Å². The highest BCUT2D eigenvalue weighted by atomic mass is 16.5.